The van der Waals surface area contributed by atoms with Gasteiger partial charge >= 0.3 is 6.61 Å². The monoisotopic (exact) mass is 261 g/mol. The van der Waals surface area contributed by atoms with Crippen LogP contribution in [-0.2, 0) is 6.42 Å². The highest BCUT2D eigenvalue weighted by molar-refractivity contribution is 9.10. The van der Waals surface area contributed by atoms with Gasteiger partial charge in [0.05, 0.1) is 12.5 Å². The topological polar surface area (TPSA) is 33.0 Å². The summed E-state index contributed by atoms with van der Waals surface area (Å²) < 4.78 is 28.8. The van der Waals surface area contributed by atoms with E-state index in [2.05, 4.69) is 20.7 Å². The van der Waals surface area contributed by atoms with E-state index in [1.54, 1.807) is 12.1 Å². The minimum Gasteiger partial charge on any atom is -0.434 e. The van der Waals surface area contributed by atoms with Crippen molar-refractivity contribution in [3.05, 3.63) is 28.2 Å². The van der Waals surface area contributed by atoms with Gasteiger partial charge in [-0.15, -0.1) is 0 Å². The van der Waals surface area contributed by atoms with Crippen molar-refractivity contribution in [1.82, 2.24) is 0 Å². The maximum absolute atomic E-state index is 12.0. The molecule has 0 fully saturated rings. The second kappa shape index (κ2) is 4.91. The van der Waals surface area contributed by atoms with Gasteiger partial charge in [0.1, 0.15) is 5.75 Å². The number of hydrogen-bond acceptors (Lipinski definition) is 2. The fourth-order valence-electron chi connectivity index (χ4n) is 0.996. The Labute approximate surface area is 88.2 Å². The molecule has 0 spiro atoms. The largest absolute Gasteiger partial charge is 0.434 e. The number of halogens is 3. The number of nitriles is 1. The zero-order chi connectivity index (χ0) is 10.6. The summed E-state index contributed by atoms with van der Waals surface area (Å²) in [6, 6.07) is 6.53. The lowest BCUT2D eigenvalue weighted by Gasteiger charge is -2.09. The Bertz CT molecular complexity index is 362. The van der Waals surface area contributed by atoms with E-state index in [1.165, 1.54) is 6.07 Å². The first-order valence-corrected chi connectivity index (χ1v) is 4.53. The number of hydrogen-bond donors (Lipinski definition) is 0. The summed E-state index contributed by atoms with van der Waals surface area (Å²) in [6.07, 6.45) is 0.0312. The third-order valence-corrected chi connectivity index (χ3v) is 2.29. The van der Waals surface area contributed by atoms with E-state index in [9.17, 15) is 8.78 Å². The van der Waals surface area contributed by atoms with Crippen LogP contribution in [0.5, 0.6) is 5.75 Å². The summed E-state index contributed by atoms with van der Waals surface area (Å²) in [4.78, 5) is 0. The number of rotatable bonds is 3. The van der Waals surface area contributed by atoms with Crippen LogP contribution in [0.25, 0.3) is 0 Å². The number of nitrogens with zero attached hydrogens (tertiary/aromatic N) is 1. The van der Waals surface area contributed by atoms with Gasteiger partial charge in [0.2, 0.25) is 0 Å². The van der Waals surface area contributed by atoms with Crippen LogP contribution in [0.2, 0.25) is 0 Å². The molecule has 0 radical (unpaired) electrons. The molecule has 0 atom stereocenters. The number of benzene rings is 1. The first-order chi connectivity index (χ1) is 6.65. The van der Waals surface area contributed by atoms with Crippen molar-refractivity contribution < 1.29 is 13.5 Å². The Morgan fingerprint density at radius 1 is 1.50 bits per heavy atom. The molecule has 1 rings (SSSR count). The first-order valence-electron chi connectivity index (χ1n) is 3.74. The van der Waals surface area contributed by atoms with Crippen molar-refractivity contribution >= 4 is 15.9 Å². The lowest BCUT2D eigenvalue weighted by atomic mass is 10.1. The van der Waals surface area contributed by atoms with Crippen LogP contribution >= 0.6 is 15.9 Å². The van der Waals surface area contributed by atoms with Gasteiger partial charge in [0, 0.05) is 10.0 Å². The third-order valence-electron chi connectivity index (χ3n) is 1.55. The highest BCUT2D eigenvalue weighted by Gasteiger charge is 2.11. The molecule has 0 saturated heterocycles. The normalized spacial score (nSPS) is 9.93. The molecule has 0 aliphatic carbocycles. The fraction of sp³-hybridized carbons (Fsp3) is 0.222. The molecule has 0 aliphatic heterocycles. The Kier molecular flexibility index (Phi) is 3.84. The molecule has 2 nitrogen and oxygen atoms in total. The first kappa shape index (κ1) is 10.9. The molecule has 0 N–H and O–H groups in total. The molecule has 0 heterocycles. The van der Waals surface area contributed by atoms with Gasteiger partial charge in [0.15, 0.2) is 0 Å². The van der Waals surface area contributed by atoms with Crippen LogP contribution in [0.15, 0.2) is 22.7 Å². The minimum absolute atomic E-state index is 0.0312. The Morgan fingerprint density at radius 2 is 2.21 bits per heavy atom. The maximum Gasteiger partial charge on any atom is 0.387 e. The lowest BCUT2D eigenvalue weighted by Crippen LogP contribution is -2.04. The molecular weight excluding hydrogens is 256 g/mol. The average Bonchev–Trinajstić information content (AvgIpc) is 2.10. The van der Waals surface area contributed by atoms with E-state index in [4.69, 9.17) is 5.26 Å². The van der Waals surface area contributed by atoms with Gasteiger partial charge in [-0.3, -0.25) is 0 Å². The van der Waals surface area contributed by atoms with E-state index in [1.807, 2.05) is 6.07 Å². The van der Waals surface area contributed by atoms with E-state index in [0.29, 0.717) is 10.0 Å². The van der Waals surface area contributed by atoms with Gasteiger partial charge in [-0.05, 0) is 12.1 Å². The van der Waals surface area contributed by atoms with E-state index in [0.717, 1.165) is 0 Å². The molecule has 0 bridgehead atoms. The standard InChI is InChI=1S/C9H6BrF2NO/c10-7-2-1-3-8(14-9(11)12)6(7)4-5-13/h1-3,9H,4H2. The summed E-state index contributed by atoms with van der Waals surface area (Å²) in [5.41, 5.74) is 0.440. The van der Waals surface area contributed by atoms with Gasteiger partial charge < -0.3 is 4.74 Å². The van der Waals surface area contributed by atoms with Crippen LogP contribution in [0.3, 0.4) is 0 Å². The predicted molar refractivity (Wildman–Crippen MR) is 50.1 cm³/mol. The Hall–Kier alpha value is -1.15. The van der Waals surface area contributed by atoms with Crippen molar-refractivity contribution in [3.63, 3.8) is 0 Å². The maximum atomic E-state index is 12.0. The molecule has 5 heteroatoms. The number of ether oxygens (including phenoxy) is 1. The van der Waals surface area contributed by atoms with Crippen LogP contribution < -0.4 is 4.74 Å². The summed E-state index contributed by atoms with van der Waals surface area (Å²) in [6.45, 7) is -2.87. The van der Waals surface area contributed by atoms with Crippen molar-refractivity contribution in [2.24, 2.45) is 0 Å². The molecular formula is C9H6BrF2NO. The van der Waals surface area contributed by atoms with Crippen molar-refractivity contribution in [3.8, 4) is 11.8 Å². The third kappa shape index (κ3) is 2.67. The SMILES string of the molecule is N#CCc1c(Br)cccc1OC(F)F. The van der Waals surface area contributed by atoms with Crippen molar-refractivity contribution in [1.29, 1.82) is 5.26 Å². The molecule has 0 saturated carbocycles. The van der Waals surface area contributed by atoms with Crippen molar-refractivity contribution in [2.75, 3.05) is 0 Å². The fourth-order valence-corrected chi connectivity index (χ4v) is 1.48. The van der Waals surface area contributed by atoms with E-state index >= 15 is 0 Å². The molecule has 0 aromatic heterocycles. The summed E-state index contributed by atoms with van der Waals surface area (Å²) in [5.74, 6) is 0.0379. The summed E-state index contributed by atoms with van der Waals surface area (Å²) in [7, 11) is 0. The highest BCUT2D eigenvalue weighted by Crippen LogP contribution is 2.28. The van der Waals surface area contributed by atoms with Crippen LogP contribution in [0.1, 0.15) is 5.56 Å². The van der Waals surface area contributed by atoms with Gasteiger partial charge in [-0.1, -0.05) is 22.0 Å². The molecule has 14 heavy (non-hydrogen) atoms. The quantitative estimate of drug-likeness (QED) is 0.838. The van der Waals surface area contributed by atoms with Gasteiger partial charge in [-0.2, -0.15) is 14.0 Å². The van der Waals surface area contributed by atoms with Crippen molar-refractivity contribution in [2.45, 2.75) is 13.0 Å². The lowest BCUT2D eigenvalue weighted by molar-refractivity contribution is -0.0504. The second-order valence-corrected chi connectivity index (χ2v) is 3.28. The van der Waals surface area contributed by atoms with Gasteiger partial charge in [0.25, 0.3) is 0 Å². The van der Waals surface area contributed by atoms with E-state index < -0.39 is 6.61 Å². The van der Waals surface area contributed by atoms with Crippen LogP contribution in [0.4, 0.5) is 8.78 Å². The van der Waals surface area contributed by atoms with E-state index in [-0.39, 0.29) is 12.2 Å². The predicted octanol–water partition coefficient (Wildman–Crippen LogP) is 3.12. The van der Waals surface area contributed by atoms with Crippen LogP contribution in [0, 0.1) is 11.3 Å². The molecule has 0 amide bonds. The molecule has 74 valence electrons. The molecule has 1 aromatic rings. The zero-order valence-corrected chi connectivity index (χ0v) is 8.59. The summed E-state index contributed by atoms with van der Waals surface area (Å²) >= 11 is 3.16. The molecule has 1 aromatic carbocycles. The Balaban J connectivity index is 3.02. The van der Waals surface area contributed by atoms with Gasteiger partial charge in [-0.25, -0.2) is 0 Å². The summed E-state index contributed by atoms with van der Waals surface area (Å²) in [5, 5.41) is 8.49. The number of alkyl halides is 2. The molecule has 0 aliphatic rings. The Morgan fingerprint density at radius 3 is 2.79 bits per heavy atom. The highest BCUT2D eigenvalue weighted by atomic mass is 79.9. The second-order valence-electron chi connectivity index (χ2n) is 2.43. The van der Waals surface area contributed by atoms with Crippen LogP contribution in [-0.4, -0.2) is 6.61 Å². The zero-order valence-electron chi connectivity index (χ0n) is 7.01. The molecule has 0 unspecified atom stereocenters. The average molecular weight is 262 g/mol. The smallest absolute Gasteiger partial charge is 0.387 e. The minimum atomic E-state index is -2.87.